The average Bonchev–Trinajstić information content (AvgIpc) is 2.13. The monoisotopic (exact) mass is 231 g/mol. The summed E-state index contributed by atoms with van der Waals surface area (Å²) in [6, 6.07) is -1.07. The predicted molar refractivity (Wildman–Crippen MR) is 55.7 cm³/mol. The Balaban J connectivity index is 4.38. The van der Waals surface area contributed by atoms with E-state index in [2.05, 4.69) is 5.32 Å². The van der Waals surface area contributed by atoms with Crippen molar-refractivity contribution in [1.29, 1.82) is 0 Å². The fourth-order valence-corrected chi connectivity index (χ4v) is 1.27. The van der Waals surface area contributed by atoms with Crippen molar-refractivity contribution in [3.63, 3.8) is 0 Å². The van der Waals surface area contributed by atoms with Crippen LogP contribution in [0.15, 0.2) is 0 Å². The molecular weight excluding hydrogens is 214 g/mol. The number of nitrogens with one attached hydrogen (secondary N) is 1. The van der Waals surface area contributed by atoms with Crippen molar-refractivity contribution < 1.29 is 24.2 Å². The van der Waals surface area contributed by atoms with Crippen molar-refractivity contribution in [3.05, 3.63) is 0 Å². The summed E-state index contributed by atoms with van der Waals surface area (Å²) in [5.74, 6) is -2.58. The van der Waals surface area contributed by atoms with E-state index in [0.717, 1.165) is 0 Å². The molecular formula is C10H17NO5. The second kappa shape index (κ2) is 6.81. The van der Waals surface area contributed by atoms with Crippen molar-refractivity contribution >= 4 is 17.8 Å². The Hall–Kier alpha value is -1.59. The summed E-state index contributed by atoms with van der Waals surface area (Å²) in [4.78, 5) is 32.8. The molecule has 2 N–H and O–H groups in total. The topological polar surface area (TPSA) is 92.7 Å². The number of hydrogen-bond donors (Lipinski definition) is 2. The molecule has 0 aromatic heterocycles. The Bertz CT molecular complexity index is 276. The molecule has 0 unspecified atom stereocenters. The van der Waals surface area contributed by atoms with E-state index in [-0.39, 0.29) is 13.0 Å². The molecule has 6 heteroatoms. The van der Waals surface area contributed by atoms with Crippen LogP contribution in [0.1, 0.15) is 27.2 Å². The van der Waals surface area contributed by atoms with Gasteiger partial charge in [-0.15, -0.1) is 0 Å². The van der Waals surface area contributed by atoms with Crippen molar-refractivity contribution in [1.82, 2.24) is 5.32 Å². The van der Waals surface area contributed by atoms with Crippen LogP contribution in [0, 0.1) is 5.92 Å². The molecule has 0 aliphatic heterocycles. The SMILES string of the molecule is CCOC(=O)C[C@@H](C)[C@@H](NC(C)=O)C(=O)O. The standard InChI is InChI=1S/C10H17NO5/c1-4-16-8(13)5-6(2)9(10(14)15)11-7(3)12/h6,9H,4-5H2,1-3H3,(H,11,12)(H,14,15)/t6-,9-/m1/s1. The van der Waals surface area contributed by atoms with Gasteiger partial charge in [0, 0.05) is 6.92 Å². The third kappa shape index (κ3) is 5.33. The molecule has 0 radical (unpaired) electrons. The van der Waals surface area contributed by atoms with E-state index >= 15 is 0 Å². The zero-order chi connectivity index (χ0) is 12.7. The maximum atomic E-state index is 11.1. The molecule has 0 saturated heterocycles. The second-order valence-corrected chi connectivity index (χ2v) is 3.50. The number of esters is 1. The molecule has 6 nitrogen and oxygen atoms in total. The molecule has 0 aromatic carbocycles. The Kier molecular flexibility index (Phi) is 6.14. The van der Waals surface area contributed by atoms with E-state index in [1.807, 2.05) is 0 Å². The number of hydrogen-bond acceptors (Lipinski definition) is 4. The fraction of sp³-hybridized carbons (Fsp3) is 0.700. The molecule has 0 aliphatic carbocycles. The van der Waals surface area contributed by atoms with Crippen molar-refractivity contribution in [2.45, 2.75) is 33.2 Å². The van der Waals surface area contributed by atoms with Crippen LogP contribution in [0.2, 0.25) is 0 Å². The van der Waals surface area contributed by atoms with Gasteiger partial charge in [-0.2, -0.15) is 0 Å². The summed E-state index contributed by atoms with van der Waals surface area (Å²) >= 11 is 0. The first-order valence-electron chi connectivity index (χ1n) is 5.04. The van der Waals surface area contributed by atoms with Crippen LogP contribution >= 0.6 is 0 Å². The molecule has 0 saturated carbocycles. The smallest absolute Gasteiger partial charge is 0.326 e. The first kappa shape index (κ1) is 14.4. The third-order valence-corrected chi connectivity index (χ3v) is 1.99. The number of ether oxygens (including phenoxy) is 1. The highest BCUT2D eigenvalue weighted by Crippen LogP contribution is 2.10. The lowest BCUT2D eigenvalue weighted by Crippen LogP contribution is -2.44. The van der Waals surface area contributed by atoms with Crippen LogP contribution in [0.5, 0.6) is 0 Å². The van der Waals surface area contributed by atoms with E-state index < -0.39 is 29.8 Å². The molecule has 1 amide bonds. The number of carboxylic acid groups (broad SMARTS) is 1. The van der Waals surface area contributed by atoms with Gasteiger partial charge in [0.25, 0.3) is 0 Å². The average molecular weight is 231 g/mol. The lowest BCUT2D eigenvalue weighted by molar-refractivity contribution is -0.147. The van der Waals surface area contributed by atoms with Gasteiger partial charge in [-0.3, -0.25) is 9.59 Å². The minimum absolute atomic E-state index is 0.0366. The summed E-state index contributed by atoms with van der Waals surface area (Å²) in [5, 5.41) is 11.1. The third-order valence-electron chi connectivity index (χ3n) is 1.99. The largest absolute Gasteiger partial charge is 0.480 e. The van der Waals surface area contributed by atoms with Crippen LogP contribution in [0.25, 0.3) is 0 Å². The van der Waals surface area contributed by atoms with Gasteiger partial charge in [0.2, 0.25) is 5.91 Å². The number of amides is 1. The van der Waals surface area contributed by atoms with Gasteiger partial charge in [-0.05, 0) is 12.8 Å². The lowest BCUT2D eigenvalue weighted by atomic mass is 9.98. The van der Waals surface area contributed by atoms with E-state index in [1.54, 1.807) is 13.8 Å². The van der Waals surface area contributed by atoms with Gasteiger partial charge < -0.3 is 15.2 Å². The number of aliphatic carboxylic acids is 1. The quantitative estimate of drug-likeness (QED) is 0.635. The van der Waals surface area contributed by atoms with E-state index in [1.165, 1.54) is 6.92 Å². The first-order chi connectivity index (χ1) is 7.38. The summed E-state index contributed by atoms with van der Waals surface area (Å²) in [7, 11) is 0. The Morgan fingerprint density at radius 3 is 2.31 bits per heavy atom. The zero-order valence-electron chi connectivity index (χ0n) is 9.65. The van der Waals surface area contributed by atoms with E-state index in [9.17, 15) is 14.4 Å². The molecule has 0 rings (SSSR count). The fourth-order valence-electron chi connectivity index (χ4n) is 1.27. The maximum absolute atomic E-state index is 11.1. The Morgan fingerprint density at radius 2 is 1.94 bits per heavy atom. The molecule has 2 atom stereocenters. The molecule has 0 fully saturated rings. The van der Waals surface area contributed by atoms with Crippen molar-refractivity contribution in [3.8, 4) is 0 Å². The Morgan fingerprint density at radius 1 is 1.38 bits per heavy atom. The summed E-state index contributed by atoms with van der Waals surface area (Å²) in [6.45, 7) is 4.73. The van der Waals surface area contributed by atoms with Gasteiger partial charge in [0.05, 0.1) is 13.0 Å². The predicted octanol–water partition coefficient (Wildman–Crippen LogP) is 0.165. The van der Waals surface area contributed by atoms with Crippen LogP contribution in [0.4, 0.5) is 0 Å². The maximum Gasteiger partial charge on any atom is 0.326 e. The summed E-state index contributed by atoms with van der Waals surface area (Å²) < 4.78 is 4.70. The first-order valence-corrected chi connectivity index (χ1v) is 5.04. The van der Waals surface area contributed by atoms with Crippen molar-refractivity contribution in [2.24, 2.45) is 5.92 Å². The molecule has 0 aliphatic rings. The van der Waals surface area contributed by atoms with Crippen LogP contribution in [-0.2, 0) is 19.1 Å². The van der Waals surface area contributed by atoms with Crippen LogP contribution < -0.4 is 5.32 Å². The van der Waals surface area contributed by atoms with Gasteiger partial charge in [-0.1, -0.05) is 6.92 Å². The minimum Gasteiger partial charge on any atom is -0.480 e. The van der Waals surface area contributed by atoms with Gasteiger partial charge in [0.1, 0.15) is 6.04 Å². The zero-order valence-corrected chi connectivity index (χ0v) is 9.65. The van der Waals surface area contributed by atoms with Crippen LogP contribution in [-0.4, -0.2) is 35.6 Å². The number of carbonyl (C=O) groups excluding carboxylic acids is 2. The normalized spacial score (nSPS) is 13.7. The van der Waals surface area contributed by atoms with Gasteiger partial charge in [0.15, 0.2) is 0 Å². The summed E-state index contributed by atoms with van der Waals surface area (Å²) in [6.07, 6.45) is -0.0366. The number of rotatable bonds is 6. The van der Waals surface area contributed by atoms with Crippen molar-refractivity contribution in [2.75, 3.05) is 6.61 Å². The lowest BCUT2D eigenvalue weighted by Gasteiger charge is -2.19. The molecule has 0 bridgehead atoms. The Labute approximate surface area is 94.0 Å². The molecule has 16 heavy (non-hydrogen) atoms. The molecule has 0 heterocycles. The van der Waals surface area contributed by atoms with Gasteiger partial charge >= 0.3 is 11.9 Å². The van der Waals surface area contributed by atoms with E-state index in [4.69, 9.17) is 9.84 Å². The summed E-state index contributed by atoms with van der Waals surface area (Å²) in [5.41, 5.74) is 0. The second-order valence-electron chi connectivity index (χ2n) is 3.50. The molecule has 0 spiro atoms. The minimum atomic E-state index is -1.16. The van der Waals surface area contributed by atoms with E-state index in [0.29, 0.717) is 0 Å². The highest BCUT2D eigenvalue weighted by Gasteiger charge is 2.27. The van der Waals surface area contributed by atoms with Crippen LogP contribution in [0.3, 0.4) is 0 Å². The van der Waals surface area contributed by atoms with Gasteiger partial charge in [-0.25, -0.2) is 4.79 Å². The molecule has 0 aromatic rings. The highest BCUT2D eigenvalue weighted by molar-refractivity contribution is 5.83. The number of carbonyl (C=O) groups is 3. The highest BCUT2D eigenvalue weighted by atomic mass is 16.5. The number of carboxylic acids is 1. The molecule has 92 valence electrons.